The molecule has 0 atom stereocenters. The highest BCUT2D eigenvalue weighted by Gasteiger charge is 2.60. The van der Waals surface area contributed by atoms with Crippen LogP contribution in [0.5, 0.6) is 0 Å². The van der Waals surface area contributed by atoms with Crippen molar-refractivity contribution >= 4 is 26.3 Å². The third-order valence-electron chi connectivity index (χ3n) is 4.09. The molecule has 112 valence electrons. The Bertz CT molecular complexity index is 517. The van der Waals surface area contributed by atoms with E-state index in [4.69, 9.17) is 13.3 Å². The molecule has 0 bridgehead atoms. The first kappa shape index (κ1) is 16.1. The molecule has 0 aliphatic heterocycles. The van der Waals surface area contributed by atoms with Gasteiger partial charge in [-0.05, 0) is 16.9 Å². The van der Waals surface area contributed by atoms with Crippen LogP contribution < -0.4 is 10.4 Å². The van der Waals surface area contributed by atoms with Crippen LogP contribution in [0.2, 0.25) is 6.55 Å². The van der Waals surface area contributed by atoms with Crippen LogP contribution in [-0.2, 0) is 13.3 Å². The van der Waals surface area contributed by atoms with Gasteiger partial charge in [-0.2, -0.15) is 0 Å². The van der Waals surface area contributed by atoms with Crippen molar-refractivity contribution in [3.8, 4) is 0 Å². The molecule has 0 amide bonds. The summed E-state index contributed by atoms with van der Waals surface area (Å²) in [4.78, 5) is 0. The molecule has 0 spiro atoms. The van der Waals surface area contributed by atoms with Gasteiger partial charge in [0.05, 0.1) is 0 Å². The SMILES string of the molecule is CO[Si](C)(OC)[Si](OC)(c1ccccc1)c1ccccc1. The average molecular weight is 319 g/mol. The van der Waals surface area contributed by atoms with Gasteiger partial charge < -0.3 is 13.3 Å². The summed E-state index contributed by atoms with van der Waals surface area (Å²) >= 11 is 0. The van der Waals surface area contributed by atoms with Crippen molar-refractivity contribution in [1.29, 1.82) is 0 Å². The molecule has 0 aliphatic rings. The van der Waals surface area contributed by atoms with Crippen LogP contribution in [0.4, 0.5) is 0 Å². The molecule has 3 nitrogen and oxygen atoms in total. The van der Waals surface area contributed by atoms with E-state index >= 15 is 0 Å². The molecule has 0 N–H and O–H groups in total. The van der Waals surface area contributed by atoms with Crippen LogP contribution in [0, 0.1) is 0 Å². The summed E-state index contributed by atoms with van der Waals surface area (Å²) in [6.07, 6.45) is 0. The quantitative estimate of drug-likeness (QED) is 0.761. The van der Waals surface area contributed by atoms with E-state index in [0.717, 1.165) is 0 Å². The first-order valence-corrected chi connectivity index (χ1v) is 12.1. The van der Waals surface area contributed by atoms with Crippen molar-refractivity contribution in [2.45, 2.75) is 6.55 Å². The number of benzene rings is 2. The van der Waals surface area contributed by atoms with E-state index in [1.807, 2.05) is 36.4 Å². The normalized spacial score (nSPS) is 12.4. The van der Waals surface area contributed by atoms with E-state index < -0.39 is 15.9 Å². The van der Waals surface area contributed by atoms with E-state index in [2.05, 4.69) is 30.8 Å². The standard InChI is InChI=1S/C16H22O3Si2/c1-17-20(4,18-2)21(19-3,15-11-7-5-8-12-15)16-13-9-6-10-14-16/h5-14H,1-4H3. The summed E-state index contributed by atoms with van der Waals surface area (Å²) in [5.41, 5.74) is 0. The largest absolute Gasteiger partial charge is 0.410 e. The first-order chi connectivity index (χ1) is 10.1. The Balaban J connectivity index is 2.75. The highest BCUT2D eigenvalue weighted by Crippen LogP contribution is 2.22. The summed E-state index contributed by atoms with van der Waals surface area (Å²) in [7, 11) is 0.0995. The zero-order valence-corrected chi connectivity index (χ0v) is 15.0. The lowest BCUT2D eigenvalue weighted by atomic mass is 10.4. The molecule has 0 saturated carbocycles. The molecule has 0 fully saturated rings. The Morgan fingerprint density at radius 3 is 1.29 bits per heavy atom. The van der Waals surface area contributed by atoms with Crippen LogP contribution in [0.3, 0.4) is 0 Å². The van der Waals surface area contributed by atoms with Crippen LogP contribution in [0.25, 0.3) is 0 Å². The van der Waals surface area contributed by atoms with Crippen molar-refractivity contribution in [1.82, 2.24) is 0 Å². The Morgan fingerprint density at radius 1 is 0.619 bits per heavy atom. The molecule has 0 radical (unpaired) electrons. The Morgan fingerprint density at radius 2 is 1.00 bits per heavy atom. The average Bonchev–Trinajstić information content (AvgIpc) is 2.57. The van der Waals surface area contributed by atoms with E-state index in [1.165, 1.54) is 10.4 Å². The summed E-state index contributed by atoms with van der Waals surface area (Å²) in [5.74, 6) is 0. The fraction of sp³-hybridized carbons (Fsp3) is 0.250. The Hall–Kier alpha value is -1.25. The number of rotatable bonds is 6. The topological polar surface area (TPSA) is 27.7 Å². The molecular formula is C16H22O3Si2. The summed E-state index contributed by atoms with van der Waals surface area (Å²) in [5, 5.41) is 2.35. The maximum atomic E-state index is 6.21. The van der Waals surface area contributed by atoms with Crippen LogP contribution in [0.1, 0.15) is 0 Å². The second-order valence-corrected chi connectivity index (χ2v) is 15.4. The fourth-order valence-corrected chi connectivity index (χ4v) is 14.1. The Labute approximate surface area is 128 Å². The molecular weight excluding hydrogens is 296 g/mol. The molecule has 0 aromatic heterocycles. The molecule has 21 heavy (non-hydrogen) atoms. The van der Waals surface area contributed by atoms with Gasteiger partial charge in [0.15, 0.2) is 0 Å². The molecule has 0 aliphatic carbocycles. The zero-order chi connectivity index (χ0) is 15.3. The first-order valence-electron chi connectivity index (χ1n) is 6.91. The van der Waals surface area contributed by atoms with Gasteiger partial charge in [-0.3, -0.25) is 0 Å². The molecule has 0 heterocycles. The van der Waals surface area contributed by atoms with Gasteiger partial charge in [-0.1, -0.05) is 60.7 Å². The van der Waals surface area contributed by atoms with Gasteiger partial charge in [0.1, 0.15) is 0 Å². The zero-order valence-electron chi connectivity index (χ0n) is 13.0. The van der Waals surface area contributed by atoms with E-state index in [9.17, 15) is 0 Å². The molecule has 5 heteroatoms. The third-order valence-corrected chi connectivity index (χ3v) is 17.2. The Kier molecular flexibility index (Phi) is 5.13. The lowest BCUT2D eigenvalue weighted by molar-refractivity contribution is 0.259. The van der Waals surface area contributed by atoms with E-state index in [0.29, 0.717) is 0 Å². The minimum Gasteiger partial charge on any atom is -0.410 e. The minimum absolute atomic E-state index is 1.18. The van der Waals surface area contributed by atoms with Crippen LogP contribution in [0.15, 0.2) is 60.7 Å². The monoisotopic (exact) mass is 318 g/mol. The van der Waals surface area contributed by atoms with Crippen molar-refractivity contribution in [2.75, 3.05) is 21.3 Å². The molecule has 2 aromatic carbocycles. The maximum absolute atomic E-state index is 6.21. The third kappa shape index (κ3) is 2.63. The maximum Gasteiger partial charge on any atom is 0.357 e. The highest BCUT2D eigenvalue weighted by atomic mass is 29.3. The van der Waals surface area contributed by atoms with Gasteiger partial charge in [0.2, 0.25) is 0 Å². The van der Waals surface area contributed by atoms with Crippen molar-refractivity contribution in [3.63, 3.8) is 0 Å². The van der Waals surface area contributed by atoms with Crippen molar-refractivity contribution in [2.24, 2.45) is 0 Å². The van der Waals surface area contributed by atoms with Gasteiger partial charge in [-0.25, -0.2) is 0 Å². The predicted molar refractivity (Wildman–Crippen MR) is 90.6 cm³/mol. The molecule has 0 saturated heterocycles. The summed E-state index contributed by atoms with van der Waals surface area (Å²) in [6, 6.07) is 20.7. The van der Waals surface area contributed by atoms with Crippen molar-refractivity contribution in [3.05, 3.63) is 60.7 Å². The van der Waals surface area contributed by atoms with Gasteiger partial charge in [0.25, 0.3) is 0 Å². The lowest BCUT2D eigenvalue weighted by Crippen LogP contribution is -2.78. The van der Waals surface area contributed by atoms with Crippen LogP contribution in [-0.4, -0.2) is 37.2 Å². The fourth-order valence-electron chi connectivity index (χ4n) is 2.83. The van der Waals surface area contributed by atoms with E-state index in [1.54, 1.807) is 21.3 Å². The second-order valence-electron chi connectivity index (χ2n) is 4.97. The highest BCUT2D eigenvalue weighted by molar-refractivity contribution is 7.44. The lowest BCUT2D eigenvalue weighted by Gasteiger charge is -2.41. The summed E-state index contributed by atoms with van der Waals surface area (Å²) in [6.45, 7) is 2.09. The number of hydrogen-bond donors (Lipinski definition) is 0. The summed E-state index contributed by atoms with van der Waals surface area (Å²) < 4.78 is 18.0. The molecule has 2 rings (SSSR count). The predicted octanol–water partition coefficient (Wildman–Crippen LogP) is 1.84. The number of hydrogen-bond acceptors (Lipinski definition) is 3. The van der Waals surface area contributed by atoms with E-state index in [-0.39, 0.29) is 0 Å². The minimum atomic E-state index is -2.58. The molecule has 0 unspecified atom stereocenters. The van der Waals surface area contributed by atoms with Gasteiger partial charge in [0, 0.05) is 21.3 Å². The van der Waals surface area contributed by atoms with Crippen LogP contribution >= 0.6 is 0 Å². The van der Waals surface area contributed by atoms with Crippen molar-refractivity contribution < 1.29 is 13.3 Å². The molecule has 2 aromatic rings. The second kappa shape index (κ2) is 6.68. The van der Waals surface area contributed by atoms with Gasteiger partial charge in [-0.15, -0.1) is 0 Å². The van der Waals surface area contributed by atoms with Gasteiger partial charge >= 0.3 is 15.9 Å². The smallest absolute Gasteiger partial charge is 0.357 e.